The zero-order chi connectivity index (χ0) is 15.5. The highest BCUT2D eigenvalue weighted by Gasteiger charge is 2.33. The normalized spacial score (nSPS) is 28.1. The minimum Gasteiger partial charge on any atom is -0.382 e. The molecule has 2 aliphatic rings. The van der Waals surface area contributed by atoms with Crippen molar-refractivity contribution in [2.45, 2.75) is 43.7 Å². The average Bonchev–Trinajstić information content (AvgIpc) is 2.63. The number of benzene rings is 2. The van der Waals surface area contributed by atoms with Crippen LogP contribution in [-0.2, 0) is 0 Å². The Bertz CT molecular complexity index is 610. The first kappa shape index (κ1) is 14.8. The van der Waals surface area contributed by atoms with E-state index in [4.69, 9.17) is 0 Å². The molecular weight excluding hydrogens is 280 g/mol. The van der Waals surface area contributed by atoms with Gasteiger partial charge in [0.2, 0.25) is 0 Å². The van der Waals surface area contributed by atoms with Crippen molar-refractivity contribution in [3.63, 3.8) is 0 Å². The first-order valence-electron chi connectivity index (χ1n) is 8.99. The molecule has 2 saturated heterocycles. The molecule has 0 aromatic heterocycles. The Hall–Kier alpha value is -1.80. The van der Waals surface area contributed by atoms with Crippen molar-refractivity contribution >= 4 is 5.69 Å². The van der Waals surface area contributed by atoms with Gasteiger partial charge >= 0.3 is 0 Å². The lowest BCUT2D eigenvalue weighted by Crippen LogP contribution is -2.50. The number of hydrogen-bond acceptors (Lipinski definition) is 2. The molecule has 2 heteroatoms. The molecule has 0 unspecified atom stereocenters. The van der Waals surface area contributed by atoms with E-state index in [9.17, 15) is 0 Å². The second-order valence-electron chi connectivity index (χ2n) is 7.07. The Morgan fingerprint density at radius 3 is 2.35 bits per heavy atom. The Balaban J connectivity index is 1.36. The molecule has 120 valence electrons. The summed E-state index contributed by atoms with van der Waals surface area (Å²) >= 11 is 0. The van der Waals surface area contributed by atoms with Gasteiger partial charge in [0, 0.05) is 30.9 Å². The third kappa shape index (κ3) is 3.42. The molecule has 0 aliphatic carbocycles. The van der Waals surface area contributed by atoms with Gasteiger partial charge in [-0.2, -0.15) is 0 Å². The van der Waals surface area contributed by atoms with Crippen molar-refractivity contribution in [2.75, 3.05) is 18.4 Å². The van der Waals surface area contributed by atoms with Crippen molar-refractivity contribution in [3.8, 4) is 0 Å². The lowest BCUT2D eigenvalue weighted by molar-refractivity contribution is 0.0902. The summed E-state index contributed by atoms with van der Waals surface area (Å²) in [5.74, 6) is 0.728. The molecule has 0 spiro atoms. The minimum absolute atomic E-state index is 0.631. The minimum atomic E-state index is 0.631. The van der Waals surface area contributed by atoms with Crippen molar-refractivity contribution < 1.29 is 0 Å². The van der Waals surface area contributed by atoms with E-state index in [-0.39, 0.29) is 0 Å². The molecule has 1 N–H and O–H groups in total. The lowest BCUT2D eigenvalue weighted by Gasteiger charge is -2.45. The lowest BCUT2D eigenvalue weighted by atomic mass is 9.82. The first-order valence-corrected chi connectivity index (χ1v) is 8.99. The van der Waals surface area contributed by atoms with E-state index in [1.807, 2.05) is 0 Å². The van der Waals surface area contributed by atoms with Gasteiger partial charge in [-0.25, -0.2) is 0 Å². The second-order valence-corrected chi connectivity index (χ2v) is 7.07. The SMILES string of the molecule is c1ccc(N[C@H]2CCN3C[C@H](c4ccccc4)CC[C@H]3C2)cc1. The fourth-order valence-corrected chi connectivity index (χ4v) is 4.31. The van der Waals surface area contributed by atoms with Crippen LogP contribution >= 0.6 is 0 Å². The van der Waals surface area contributed by atoms with Crippen LogP contribution in [0.4, 0.5) is 5.69 Å². The van der Waals surface area contributed by atoms with E-state index >= 15 is 0 Å². The maximum absolute atomic E-state index is 3.73. The molecule has 2 heterocycles. The van der Waals surface area contributed by atoms with E-state index in [2.05, 4.69) is 70.9 Å². The van der Waals surface area contributed by atoms with Gasteiger partial charge in [-0.1, -0.05) is 48.5 Å². The summed E-state index contributed by atoms with van der Waals surface area (Å²) < 4.78 is 0. The molecular formula is C21H26N2. The maximum Gasteiger partial charge on any atom is 0.0342 e. The van der Waals surface area contributed by atoms with E-state index in [1.54, 1.807) is 0 Å². The summed E-state index contributed by atoms with van der Waals surface area (Å²) in [5, 5.41) is 3.73. The summed E-state index contributed by atoms with van der Waals surface area (Å²) in [6.07, 6.45) is 5.22. The fraction of sp³-hybridized carbons (Fsp3) is 0.429. The van der Waals surface area contributed by atoms with Crippen LogP contribution in [0.2, 0.25) is 0 Å². The summed E-state index contributed by atoms with van der Waals surface area (Å²) in [7, 11) is 0. The highest BCUT2D eigenvalue weighted by Crippen LogP contribution is 2.34. The van der Waals surface area contributed by atoms with Crippen LogP contribution in [-0.4, -0.2) is 30.1 Å². The van der Waals surface area contributed by atoms with Gasteiger partial charge in [0.1, 0.15) is 0 Å². The molecule has 2 nitrogen and oxygen atoms in total. The van der Waals surface area contributed by atoms with Crippen molar-refractivity contribution in [1.82, 2.24) is 4.90 Å². The number of nitrogens with zero attached hydrogens (tertiary/aromatic N) is 1. The third-order valence-corrected chi connectivity index (χ3v) is 5.56. The third-order valence-electron chi connectivity index (χ3n) is 5.56. The van der Waals surface area contributed by atoms with Gasteiger partial charge in [-0.15, -0.1) is 0 Å². The Morgan fingerprint density at radius 2 is 1.57 bits per heavy atom. The van der Waals surface area contributed by atoms with E-state index < -0.39 is 0 Å². The molecule has 0 saturated carbocycles. The number of rotatable bonds is 3. The molecule has 0 amide bonds. The van der Waals surface area contributed by atoms with Gasteiger partial charge < -0.3 is 5.32 Å². The van der Waals surface area contributed by atoms with Gasteiger partial charge in [-0.3, -0.25) is 4.90 Å². The van der Waals surface area contributed by atoms with E-state index in [1.165, 1.54) is 50.0 Å². The molecule has 2 fully saturated rings. The van der Waals surface area contributed by atoms with Gasteiger partial charge in [-0.05, 0) is 49.3 Å². The number of piperidine rings is 2. The largest absolute Gasteiger partial charge is 0.382 e. The summed E-state index contributed by atoms with van der Waals surface area (Å²) in [6, 6.07) is 23.1. The summed E-state index contributed by atoms with van der Waals surface area (Å²) in [4.78, 5) is 2.74. The number of para-hydroxylation sites is 1. The van der Waals surface area contributed by atoms with Gasteiger partial charge in [0.25, 0.3) is 0 Å². The molecule has 23 heavy (non-hydrogen) atoms. The van der Waals surface area contributed by atoms with Crippen LogP contribution in [0.3, 0.4) is 0 Å². The van der Waals surface area contributed by atoms with Crippen LogP contribution in [0.1, 0.15) is 37.2 Å². The van der Waals surface area contributed by atoms with Crippen LogP contribution in [0.15, 0.2) is 60.7 Å². The fourth-order valence-electron chi connectivity index (χ4n) is 4.31. The van der Waals surface area contributed by atoms with E-state index in [0.717, 1.165) is 12.0 Å². The molecule has 0 radical (unpaired) electrons. The van der Waals surface area contributed by atoms with Crippen molar-refractivity contribution in [2.24, 2.45) is 0 Å². The monoisotopic (exact) mass is 306 g/mol. The number of nitrogens with one attached hydrogen (secondary N) is 1. The smallest absolute Gasteiger partial charge is 0.0342 e. The summed E-state index contributed by atoms with van der Waals surface area (Å²) in [6.45, 7) is 2.48. The molecule has 4 rings (SSSR count). The van der Waals surface area contributed by atoms with E-state index in [0.29, 0.717) is 6.04 Å². The second kappa shape index (κ2) is 6.76. The Kier molecular flexibility index (Phi) is 4.34. The predicted molar refractivity (Wildman–Crippen MR) is 96.9 cm³/mol. The molecule has 0 bridgehead atoms. The highest BCUT2D eigenvalue weighted by atomic mass is 15.2. The maximum atomic E-state index is 3.73. The topological polar surface area (TPSA) is 15.3 Å². The van der Waals surface area contributed by atoms with Gasteiger partial charge in [0.15, 0.2) is 0 Å². The van der Waals surface area contributed by atoms with Gasteiger partial charge in [0.05, 0.1) is 0 Å². The van der Waals surface area contributed by atoms with Crippen molar-refractivity contribution in [3.05, 3.63) is 66.2 Å². The zero-order valence-corrected chi connectivity index (χ0v) is 13.7. The van der Waals surface area contributed by atoms with Crippen molar-refractivity contribution in [1.29, 1.82) is 0 Å². The Morgan fingerprint density at radius 1 is 0.826 bits per heavy atom. The first-order chi connectivity index (χ1) is 11.4. The quantitative estimate of drug-likeness (QED) is 0.897. The molecule has 2 aromatic rings. The van der Waals surface area contributed by atoms with Crippen LogP contribution in [0.5, 0.6) is 0 Å². The van der Waals surface area contributed by atoms with Crippen LogP contribution < -0.4 is 5.32 Å². The standard InChI is InChI=1S/C21H26N2/c1-3-7-17(8-4-1)18-11-12-21-15-20(13-14-23(21)16-18)22-19-9-5-2-6-10-19/h1-10,18,20-22H,11-16H2/t18-,20+,21+/m1/s1. The molecule has 2 aliphatic heterocycles. The number of fused-ring (bicyclic) bond motifs is 1. The molecule has 3 atom stereocenters. The number of hydrogen-bond donors (Lipinski definition) is 1. The zero-order valence-electron chi connectivity index (χ0n) is 13.7. The summed E-state index contributed by atoms with van der Waals surface area (Å²) in [5.41, 5.74) is 2.79. The average molecular weight is 306 g/mol. The van der Waals surface area contributed by atoms with Crippen LogP contribution in [0, 0.1) is 0 Å². The number of anilines is 1. The van der Waals surface area contributed by atoms with Crippen LogP contribution in [0.25, 0.3) is 0 Å². The highest BCUT2D eigenvalue weighted by molar-refractivity contribution is 5.43. The molecule has 2 aromatic carbocycles. The predicted octanol–water partition coefficient (Wildman–Crippen LogP) is 4.51. The Labute approximate surface area is 139 Å².